The van der Waals surface area contributed by atoms with Gasteiger partial charge in [-0.2, -0.15) is 0 Å². The maximum atomic E-state index is 12.4. The molecule has 2 aliphatic heterocycles. The van der Waals surface area contributed by atoms with Gasteiger partial charge in [-0.15, -0.1) is 0 Å². The van der Waals surface area contributed by atoms with Gasteiger partial charge in [0, 0.05) is 18.7 Å². The van der Waals surface area contributed by atoms with Gasteiger partial charge in [-0.05, 0) is 11.5 Å². The van der Waals surface area contributed by atoms with E-state index in [0.717, 1.165) is 16.2 Å². The highest BCUT2D eigenvalue weighted by Crippen LogP contribution is 2.60. The third-order valence-corrected chi connectivity index (χ3v) is 9.02. The van der Waals surface area contributed by atoms with Gasteiger partial charge in [-0.25, -0.2) is 13.7 Å². The molecule has 0 aliphatic carbocycles. The number of phosphoric ester groups is 1. The molecule has 3 unspecified atom stereocenters. The summed E-state index contributed by atoms with van der Waals surface area (Å²) in [5.74, 6) is -0.262. The lowest BCUT2D eigenvalue weighted by Crippen LogP contribution is -2.36. The Labute approximate surface area is 206 Å². The van der Waals surface area contributed by atoms with Crippen LogP contribution >= 0.6 is 15.4 Å². The predicted molar refractivity (Wildman–Crippen MR) is 125 cm³/mol. The third-order valence-electron chi connectivity index (χ3n) is 5.50. The van der Waals surface area contributed by atoms with Gasteiger partial charge in [0.15, 0.2) is 12.5 Å². The van der Waals surface area contributed by atoms with Gasteiger partial charge < -0.3 is 24.0 Å². The van der Waals surface area contributed by atoms with Crippen LogP contribution in [0, 0.1) is 5.92 Å². The maximum Gasteiger partial charge on any atom is 0.479 e. The Kier molecular flexibility index (Phi) is 8.16. The van der Waals surface area contributed by atoms with Crippen molar-refractivity contribution in [1.82, 2.24) is 9.55 Å². The SMILES string of the molecule is CC(C)CP(=O)(O)OP(=O)(O)OC[C@H]1O[C@@H](n2ccc(=O)[nH]c2=O)[C@H]2OC(Cc3ccccc3)O[C@H]21. The molecule has 0 bridgehead atoms. The van der Waals surface area contributed by atoms with E-state index in [1.807, 2.05) is 30.3 Å². The van der Waals surface area contributed by atoms with Crippen LogP contribution in [-0.4, -0.2) is 56.7 Å². The molecule has 7 atom stereocenters. The molecular formula is C21H28N2O11P2. The molecule has 4 rings (SSSR count). The second-order valence-corrected chi connectivity index (χ2v) is 12.5. The number of aromatic nitrogens is 2. The topological polar surface area (TPSA) is 176 Å². The zero-order chi connectivity index (χ0) is 26.1. The van der Waals surface area contributed by atoms with Crippen LogP contribution in [0.2, 0.25) is 0 Å². The summed E-state index contributed by atoms with van der Waals surface area (Å²) in [5.41, 5.74) is -0.399. The van der Waals surface area contributed by atoms with Crippen molar-refractivity contribution in [3.05, 3.63) is 69.0 Å². The van der Waals surface area contributed by atoms with Crippen molar-refractivity contribution in [2.75, 3.05) is 12.8 Å². The standard InChI is InChI=1S/C21H28N2O11P2/c1-13(2)12-35(26,27)34-36(28,29)30-11-15-18-19(20(31-15)23-9-8-16(24)22-21(23)25)33-17(32-18)10-14-6-4-3-5-7-14/h3-9,13,15,17-20H,10-12H2,1-2H3,(H,26,27)(H,28,29)(H,22,24,25)/t15-,17?,18+,19+,20-/m1/s1. The molecule has 0 amide bonds. The number of H-pyrrole nitrogens is 1. The molecule has 2 aliphatic rings. The Morgan fingerprint density at radius 1 is 1.06 bits per heavy atom. The van der Waals surface area contributed by atoms with E-state index in [-0.39, 0.29) is 12.1 Å². The number of fused-ring (bicyclic) bond motifs is 1. The van der Waals surface area contributed by atoms with E-state index in [2.05, 4.69) is 9.29 Å². The first-order chi connectivity index (χ1) is 16.9. The molecule has 2 aromatic rings. The molecule has 2 fully saturated rings. The van der Waals surface area contributed by atoms with Gasteiger partial charge in [0.25, 0.3) is 5.56 Å². The monoisotopic (exact) mass is 546 g/mol. The van der Waals surface area contributed by atoms with Crippen LogP contribution in [0.3, 0.4) is 0 Å². The van der Waals surface area contributed by atoms with Crippen molar-refractivity contribution < 1.29 is 42.0 Å². The zero-order valence-corrected chi connectivity index (χ0v) is 21.3. The largest absolute Gasteiger partial charge is 0.479 e. The van der Waals surface area contributed by atoms with E-state index in [1.165, 1.54) is 6.20 Å². The summed E-state index contributed by atoms with van der Waals surface area (Å²) in [6.45, 7) is 2.75. The van der Waals surface area contributed by atoms with Crippen molar-refractivity contribution >= 4 is 15.4 Å². The van der Waals surface area contributed by atoms with E-state index in [4.69, 9.17) is 18.7 Å². The number of aromatic amines is 1. The molecule has 1 aromatic carbocycles. The fourth-order valence-electron chi connectivity index (χ4n) is 4.14. The summed E-state index contributed by atoms with van der Waals surface area (Å²) < 4.78 is 53.0. The first-order valence-electron chi connectivity index (χ1n) is 11.2. The van der Waals surface area contributed by atoms with Crippen molar-refractivity contribution in [2.45, 2.75) is 51.1 Å². The quantitative estimate of drug-likeness (QED) is 0.370. The molecular weight excluding hydrogens is 518 g/mol. The molecule has 0 radical (unpaired) electrons. The Morgan fingerprint density at radius 3 is 2.42 bits per heavy atom. The molecule has 3 heterocycles. The van der Waals surface area contributed by atoms with Gasteiger partial charge in [0.2, 0.25) is 0 Å². The highest BCUT2D eigenvalue weighted by atomic mass is 31.3. The van der Waals surface area contributed by atoms with Crippen LogP contribution in [0.4, 0.5) is 0 Å². The Morgan fingerprint density at radius 2 is 1.75 bits per heavy atom. The highest BCUT2D eigenvalue weighted by molar-refractivity contribution is 7.64. The second kappa shape index (κ2) is 10.8. The molecule has 3 N–H and O–H groups in total. The number of benzene rings is 1. The van der Waals surface area contributed by atoms with E-state index >= 15 is 0 Å². The van der Waals surface area contributed by atoms with Gasteiger partial charge in [0.1, 0.15) is 18.3 Å². The summed E-state index contributed by atoms with van der Waals surface area (Å²) in [4.78, 5) is 45.9. The molecule has 2 saturated heterocycles. The van der Waals surface area contributed by atoms with E-state index in [1.54, 1.807) is 13.8 Å². The fraction of sp³-hybridized carbons (Fsp3) is 0.524. The number of hydrogen-bond acceptors (Lipinski definition) is 9. The summed E-state index contributed by atoms with van der Waals surface area (Å²) in [6, 6.07) is 10.5. The number of nitrogens with zero attached hydrogens (tertiary/aromatic N) is 1. The Bertz CT molecular complexity index is 1260. The molecule has 198 valence electrons. The Hall–Kier alpha value is -1.92. The van der Waals surface area contributed by atoms with Crippen LogP contribution < -0.4 is 11.2 Å². The molecule has 36 heavy (non-hydrogen) atoms. The zero-order valence-electron chi connectivity index (χ0n) is 19.5. The van der Waals surface area contributed by atoms with Gasteiger partial charge in [-0.1, -0.05) is 44.2 Å². The number of ether oxygens (including phenoxy) is 3. The van der Waals surface area contributed by atoms with E-state index in [0.29, 0.717) is 6.42 Å². The van der Waals surface area contributed by atoms with Crippen molar-refractivity contribution in [3.63, 3.8) is 0 Å². The van der Waals surface area contributed by atoms with Gasteiger partial charge in [0.05, 0.1) is 12.8 Å². The molecule has 13 nitrogen and oxygen atoms in total. The minimum absolute atomic E-state index is 0.262. The predicted octanol–water partition coefficient (Wildman–Crippen LogP) is 1.76. The smallest absolute Gasteiger partial charge is 0.346 e. The number of phosphoric acid groups is 1. The van der Waals surface area contributed by atoms with E-state index < -0.39 is 64.1 Å². The molecule has 0 spiro atoms. The van der Waals surface area contributed by atoms with Gasteiger partial charge in [-0.3, -0.25) is 23.4 Å². The van der Waals surface area contributed by atoms with Crippen LogP contribution in [0.5, 0.6) is 0 Å². The van der Waals surface area contributed by atoms with Crippen LogP contribution in [0.1, 0.15) is 25.6 Å². The van der Waals surface area contributed by atoms with Crippen molar-refractivity contribution in [2.24, 2.45) is 5.92 Å². The second-order valence-electron chi connectivity index (χ2n) is 8.96. The first kappa shape index (κ1) is 27.1. The van der Waals surface area contributed by atoms with Crippen LogP contribution in [0.25, 0.3) is 0 Å². The third kappa shape index (κ3) is 6.69. The highest BCUT2D eigenvalue weighted by Gasteiger charge is 2.54. The van der Waals surface area contributed by atoms with E-state index in [9.17, 15) is 28.5 Å². The molecule has 1 aromatic heterocycles. The average molecular weight is 546 g/mol. The lowest BCUT2D eigenvalue weighted by molar-refractivity contribution is -0.150. The summed E-state index contributed by atoms with van der Waals surface area (Å²) in [5, 5.41) is 0. The van der Waals surface area contributed by atoms with Crippen LogP contribution in [0.15, 0.2) is 52.2 Å². The molecule has 15 heteroatoms. The maximum absolute atomic E-state index is 12.4. The molecule has 0 saturated carbocycles. The minimum atomic E-state index is -4.94. The van der Waals surface area contributed by atoms with Crippen LogP contribution in [-0.2, 0) is 38.6 Å². The minimum Gasteiger partial charge on any atom is -0.346 e. The lowest BCUT2D eigenvalue weighted by Gasteiger charge is -2.22. The van der Waals surface area contributed by atoms with Crippen molar-refractivity contribution in [3.8, 4) is 0 Å². The Balaban J connectivity index is 1.51. The van der Waals surface area contributed by atoms with Crippen molar-refractivity contribution in [1.29, 1.82) is 0 Å². The number of rotatable bonds is 10. The summed E-state index contributed by atoms with van der Waals surface area (Å²) in [7, 11) is -9.33. The number of nitrogens with one attached hydrogen (secondary N) is 1. The number of hydrogen-bond donors (Lipinski definition) is 3. The van der Waals surface area contributed by atoms with Gasteiger partial charge >= 0.3 is 21.1 Å². The normalized spacial score (nSPS) is 29.1. The average Bonchev–Trinajstić information content (AvgIpc) is 3.30. The summed E-state index contributed by atoms with van der Waals surface area (Å²) >= 11 is 0. The summed E-state index contributed by atoms with van der Waals surface area (Å²) in [6.07, 6.45) is -3.10. The first-order valence-corrected chi connectivity index (χ1v) is 14.5. The lowest BCUT2D eigenvalue weighted by atomic mass is 10.1. The fourth-order valence-corrected chi connectivity index (χ4v) is 7.14.